The van der Waals surface area contributed by atoms with E-state index in [1.165, 1.54) is 44.6 Å². The first kappa shape index (κ1) is 26.9. The molecule has 4 aromatic rings. The molecular weight excluding hydrogens is 513 g/mol. The molecule has 0 bridgehead atoms. The average Bonchev–Trinajstić information content (AvgIpc) is 3.16. The fraction of sp³-hybridized carbons (Fsp3) is 0.231. The van der Waals surface area contributed by atoms with Gasteiger partial charge in [0.15, 0.2) is 6.61 Å². The maximum absolute atomic E-state index is 14.3. The number of fused-ring (bicyclic) bond motifs is 1. The van der Waals surface area contributed by atoms with Gasteiger partial charge in [0.2, 0.25) is 0 Å². The summed E-state index contributed by atoms with van der Waals surface area (Å²) in [6.07, 6.45) is 1.31. The Hall–Kier alpha value is -4.16. The van der Waals surface area contributed by atoms with Gasteiger partial charge in [-0.3, -0.25) is 9.20 Å². The van der Waals surface area contributed by atoms with Crippen molar-refractivity contribution in [3.8, 4) is 22.8 Å². The van der Waals surface area contributed by atoms with Crippen LogP contribution in [0.4, 0.5) is 15.9 Å². The molecule has 3 N–H and O–H groups in total. The van der Waals surface area contributed by atoms with E-state index in [-0.39, 0.29) is 11.5 Å². The number of aryl methyl sites for hydroxylation is 3. The van der Waals surface area contributed by atoms with Crippen LogP contribution >= 0.6 is 0 Å². The Balaban J connectivity index is 1.96. The van der Waals surface area contributed by atoms with Crippen LogP contribution in [-0.2, 0) is 15.1 Å². The molecule has 0 fully saturated rings. The molecule has 12 heteroatoms. The molecular formula is C26H28FN5O5S. The van der Waals surface area contributed by atoms with Crippen molar-refractivity contribution in [2.24, 2.45) is 5.73 Å². The summed E-state index contributed by atoms with van der Waals surface area (Å²) in [5.41, 5.74) is 9.86. The predicted molar refractivity (Wildman–Crippen MR) is 142 cm³/mol. The molecule has 0 spiro atoms. The second-order valence-electron chi connectivity index (χ2n) is 8.97. The summed E-state index contributed by atoms with van der Waals surface area (Å²) in [6.45, 7) is 5.14. The van der Waals surface area contributed by atoms with E-state index in [9.17, 15) is 17.6 Å². The standard InChI is InChI=1S/C26H28FN5O5S/c1-15-7-6-8-16(2)24(15)30-26-25(29-22-10-9-18(27)13-32(22)26)23-17(3)11-19(37-38(34,35)31(4)5)12-20(23)36-14-21(28)33/h6-13,30H,14H2,1-5H3,(H2,28,33). The maximum atomic E-state index is 14.3. The van der Waals surface area contributed by atoms with Gasteiger partial charge < -0.3 is 20.0 Å². The molecule has 0 aliphatic heterocycles. The quantitative estimate of drug-likeness (QED) is 0.329. The lowest BCUT2D eigenvalue weighted by atomic mass is 10.0. The number of anilines is 2. The molecule has 0 aliphatic carbocycles. The number of hydrogen-bond donors (Lipinski definition) is 2. The fourth-order valence-electron chi connectivity index (χ4n) is 3.98. The van der Waals surface area contributed by atoms with Gasteiger partial charge in [-0.1, -0.05) is 18.2 Å². The number of nitrogens with two attached hydrogens (primary N) is 1. The largest absolute Gasteiger partial charge is 0.483 e. The summed E-state index contributed by atoms with van der Waals surface area (Å²) in [6, 6.07) is 11.5. The number of pyridine rings is 1. The van der Waals surface area contributed by atoms with Gasteiger partial charge >= 0.3 is 10.3 Å². The van der Waals surface area contributed by atoms with Gasteiger partial charge in [0.25, 0.3) is 5.91 Å². The normalized spacial score (nSPS) is 11.7. The third-order valence-corrected chi connectivity index (χ3v) is 7.13. The summed E-state index contributed by atoms with van der Waals surface area (Å²) >= 11 is 0. The molecule has 2 heterocycles. The number of carbonyl (C=O) groups is 1. The molecule has 0 radical (unpaired) electrons. The van der Waals surface area contributed by atoms with Crippen LogP contribution in [0, 0.1) is 26.6 Å². The number of halogens is 1. The van der Waals surface area contributed by atoms with E-state index in [0.717, 1.165) is 21.1 Å². The van der Waals surface area contributed by atoms with Crippen molar-refractivity contribution >= 4 is 33.4 Å². The van der Waals surface area contributed by atoms with Gasteiger partial charge in [-0.05, 0) is 55.7 Å². The third-order valence-electron chi connectivity index (χ3n) is 5.84. The summed E-state index contributed by atoms with van der Waals surface area (Å²) in [4.78, 5) is 16.3. The zero-order valence-electron chi connectivity index (χ0n) is 21.6. The second kappa shape index (κ2) is 10.3. The first-order valence-electron chi connectivity index (χ1n) is 11.6. The number of imidazole rings is 1. The number of primary amides is 1. The van der Waals surface area contributed by atoms with E-state index in [2.05, 4.69) is 5.32 Å². The van der Waals surface area contributed by atoms with Crippen LogP contribution < -0.4 is 20.0 Å². The van der Waals surface area contributed by atoms with Gasteiger partial charge in [0.1, 0.15) is 34.5 Å². The minimum atomic E-state index is -4.06. The molecule has 0 saturated carbocycles. The Bertz CT molecular complexity index is 1630. The number of para-hydroxylation sites is 1. The number of amides is 1. The molecule has 2 aromatic carbocycles. The van der Waals surface area contributed by atoms with Gasteiger partial charge in [0.05, 0.1) is 0 Å². The van der Waals surface area contributed by atoms with E-state index in [1.807, 2.05) is 32.0 Å². The highest BCUT2D eigenvalue weighted by molar-refractivity contribution is 7.84. The predicted octanol–water partition coefficient (Wildman–Crippen LogP) is 3.86. The SMILES string of the molecule is Cc1cccc(C)c1Nc1c(-c2c(C)cc(OS(=O)(=O)N(C)C)cc2OCC(N)=O)nc2ccc(F)cn12. The Morgan fingerprint density at radius 3 is 2.42 bits per heavy atom. The average molecular weight is 542 g/mol. The van der Waals surface area contributed by atoms with Crippen LogP contribution in [0.2, 0.25) is 0 Å². The van der Waals surface area contributed by atoms with Crippen LogP contribution in [-0.4, -0.2) is 48.7 Å². The molecule has 4 rings (SSSR count). The van der Waals surface area contributed by atoms with Crippen LogP contribution in [0.25, 0.3) is 16.9 Å². The van der Waals surface area contributed by atoms with Crippen molar-refractivity contribution < 1.29 is 26.5 Å². The number of ether oxygens (including phenoxy) is 1. The number of rotatable bonds is 9. The Labute approximate surface area is 220 Å². The maximum Gasteiger partial charge on any atom is 0.384 e. The molecule has 38 heavy (non-hydrogen) atoms. The zero-order chi connectivity index (χ0) is 27.8. The molecule has 10 nitrogen and oxygen atoms in total. The van der Waals surface area contributed by atoms with E-state index in [1.54, 1.807) is 11.3 Å². The topological polar surface area (TPSA) is 128 Å². The van der Waals surface area contributed by atoms with Crippen molar-refractivity contribution in [3.63, 3.8) is 0 Å². The first-order chi connectivity index (χ1) is 17.9. The smallest absolute Gasteiger partial charge is 0.384 e. The van der Waals surface area contributed by atoms with Gasteiger partial charge in [-0.15, -0.1) is 0 Å². The zero-order valence-corrected chi connectivity index (χ0v) is 22.4. The molecule has 0 atom stereocenters. The minimum Gasteiger partial charge on any atom is -0.483 e. The van der Waals surface area contributed by atoms with Gasteiger partial charge in [-0.25, -0.2) is 9.37 Å². The molecule has 200 valence electrons. The van der Waals surface area contributed by atoms with E-state index >= 15 is 0 Å². The van der Waals surface area contributed by atoms with Crippen molar-refractivity contribution in [2.45, 2.75) is 20.8 Å². The van der Waals surface area contributed by atoms with E-state index < -0.39 is 28.6 Å². The van der Waals surface area contributed by atoms with Gasteiger partial charge in [-0.2, -0.15) is 12.7 Å². The van der Waals surface area contributed by atoms with Crippen molar-refractivity contribution in [3.05, 3.63) is 71.2 Å². The van der Waals surface area contributed by atoms with Gasteiger partial charge in [0, 0.05) is 37.6 Å². The number of nitrogens with zero attached hydrogens (tertiary/aromatic N) is 3. The Morgan fingerprint density at radius 1 is 1.11 bits per heavy atom. The molecule has 2 aromatic heterocycles. The summed E-state index contributed by atoms with van der Waals surface area (Å²) in [5.74, 6) is -0.671. The number of hydrogen-bond acceptors (Lipinski definition) is 7. The third kappa shape index (κ3) is 5.41. The summed E-state index contributed by atoms with van der Waals surface area (Å²) < 4.78 is 52.5. The lowest BCUT2D eigenvalue weighted by molar-refractivity contribution is -0.119. The number of carbonyl (C=O) groups excluding carboxylic acids is 1. The summed E-state index contributed by atoms with van der Waals surface area (Å²) in [7, 11) is -1.39. The number of aromatic nitrogens is 2. The molecule has 1 amide bonds. The van der Waals surface area contributed by atoms with E-state index in [0.29, 0.717) is 28.3 Å². The lowest BCUT2D eigenvalue weighted by Crippen LogP contribution is -2.27. The highest BCUT2D eigenvalue weighted by atomic mass is 32.2. The number of benzene rings is 2. The highest BCUT2D eigenvalue weighted by Crippen LogP contribution is 2.42. The molecule has 0 saturated heterocycles. The van der Waals surface area contributed by atoms with E-state index in [4.69, 9.17) is 19.6 Å². The number of nitrogens with one attached hydrogen (secondary N) is 1. The van der Waals surface area contributed by atoms with Crippen LogP contribution in [0.5, 0.6) is 11.5 Å². The minimum absolute atomic E-state index is 0.0292. The molecule has 0 unspecified atom stereocenters. The van der Waals surface area contributed by atoms with Crippen molar-refractivity contribution in [2.75, 3.05) is 26.0 Å². The molecule has 0 aliphatic rings. The van der Waals surface area contributed by atoms with Crippen LogP contribution in [0.1, 0.15) is 16.7 Å². The highest BCUT2D eigenvalue weighted by Gasteiger charge is 2.24. The lowest BCUT2D eigenvalue weighted by Gasteiger charge is -2.18. The monoisotopic (exact) mass is 541 g/mol. The van der Waals surface area contributed by atoms with Crippen LogP contribution in [0.3, 0.4) is 0 Å². The first-order valence-corrected chi connectivity index (χ1v) is 12.9. The van der Waals surface area contributed by atoms with Crippen LogP contribution in [0.15, 0.2) is 48.7 Å². The second-order valence-corrected chi connectivity index (χ2v) is 10.7. The summed E-state index contributed by atoms with van der Waals surface area (Å²) in [5, 5.41) is 3.40. The Morgan fingerprint density at radius 2 is 1.79 bits per heavy atom. The Kier molecular flexibility index (Phi) is 7.29. The van der Waals surface area contributed by atoms with Crippen molar-refractivity contribution in [1.29, 1.82) is 0 Å². The fourth-order valence-corrected chi connectivity index (χ4v) is 4.46. The van der Waals surface area contributed by atoms with Crippen molar-refractivity contribution in [1.82, 2.24) is 13.7 Å².